The first-order valence-corrected chi connectivity index (χ1v) is 52.4. The molecule has 12 aliphatic heterocycles. The van der Waals surface area contributed by atoms with Gasteiger partial charge in [0.25, 0.3) is 0 Å². The number of hydrogen-bond acceptors (Lipinski definition) is 18. The molecule has 12 saturated heterocycles. The van der Waals surface area contributed by atoms with Crippen molar-refractivity contribution < 1.29 is 52.2 Å². The summed E-state index contributed by atoms with van der Waals surface area (Å²) in [5.41, 5.74) is 2.72. The molecule has 0 unspecified atom stereocenters. The Morgan fingerprint density at radius 1 is 0.149 bits per heavy atom. The van der Waals surface area contributed by atoms with Crippen LogP contribution in [-0.4, -0.2) is 201 Å². The van der Waals surface area contributed by atoms with Crippen LogP contribution in [0.5, 0.6) is 0 Å². The molecule has 0 spiro atoms. The fraction of sp³-hybridized carbons (Fsp3) is 1.00. The van der Waals surface area contributed by atoms with Crippen LogP contribution in [0.3, 0.4) is 0 Å². The predicted octanol–water partition coefficient (Wildman–Crippen LogP) is 30.6. The molecule has 0 aromatic heterocycles. The lowest BCUT2D eigenvalue weighted by molar-refractivity contribution is -0.0963. The topological polar surface area (TPSA) is 162 Å². The molecule has 0 aromatic carbocycles. The molecule has 0 atom stereocenters. The smallest absolute Gasteiger partial charge is 0.146 e. The minimum atomic E-state index is 0.500. The van der Waals surface area contributed by atoms with Gasteiger partial charge < -0.3 is 68.2 Å². The molecule has 114 heavy (non-hydrogen) atoms. The number of nitrogens with one attached hydrogen (secondary N) is 5. The second kappa shape index (κ2) is 325. The Bertz CT molecular complexity index is 560. The Kier molecular flexibility index (Phi) is 513. The van der Waals surface area contributed by atoms with E-state index in [1.165, 1.54) is 152 Å². The molecule has 12 heterocycles. The Balaban J connectivity index is -0.0000000337. The van der Waals surface area contributed by atoms with Crippen molar-refractivity contribution in [2.45, 2.75) is 441 Å². The van der Waals surface area contributed by atoms with Crippen LogP contribution in [0.25, 0.3) is 0 Å². The van der Waals surface area contributed by atoms with Gasteiger partial charge in [-0.15, -0.1) is 0 Å². The van der Waals surface area contributed by atoms with Gasteiger partial charge in [0.05, 0.1) is 86.0 Å². The minimum absolute atomic E-state index is 0.500. The first kappa shape index (κ1) is 180. The standard InChI is InChI=1S/C5H11N.C5H10O.C5H10S.C4H9NO.C4H9N.2C4H8O2.C4H8O.C4H8S.2C3H7NO.C3H6O2.24C2H6/c3*1-2-4-6-5-3-1;1-3-6-4-2-5-1;1-2-4-5-3-1;1-2-6-4-3-5-1;1-2-5-4-6-3-1;2*1-2-4-5-3-1;1-2-5-3-4-1;1-2-4-5-3-1;1-2-5-3-4-1;24*1-2/h6H,1-5H2;2*1-5H2;5H,1-4H2;5H,1-4H2;2*1-4H2;2*1-4H2;2*4H,1-3H2;1-3H2;24*1-2H3. The molecule has 0 aromatic rings. The van der Waals surface area contributed by atoms with Crippen LogP contribution >= 0.6 is 23.5 Å². The van der Waals surface area contributed by atoms with Crippen LogP contribution in [0.2, 0.25) is 0 Å². The average molecular weight is 1710 g/mol. The summed E-state index contributed by atoms with van der Waals surface area (Å²) in [5, 5.41) is 12.7. The highest BCUT2D eigenvalue weighted by atomic mass is 32.2. The zero-order valence-corrected chi connectivity index (χ0v) is 91.4. The average Bonchev–Trinajstić information content (AvgIpc) is 3.66. The lowest BCUT2D eigenvalue weighted by atomic mass is 10.2. The third-order valence-corrected chi connectivity index (χ3v) is 12.4. The third kappa shape index (κ3) is 317. The van der Waals surface area contributed by atoms with E-state index in [4.69, 9.17) is 52.2 Å². The van der Waals surface area contributed by atoms with Gasteiger partial charge >= 0.3 is 0 Å². The van der Waals surface area contributed by atoms with Crippen molar-refractivity contribution in [1.82, 2.24) is 26.7 Å². The fourth-order valence-corrected chi connectivity index (χ4v) is 8.27. The number of morpholine rings is 1. The van der Waals surface area contributed by atoms with Gasteiger partial charge in [-0.05, 0) is 146 Å². The van der Waals surface area contributed by atoms with Crippen molar-refractivity contribution in [3.8, 4) is 0 Å². The van der Waals surface area contributed by atoms with Crippen LogP contribution in [0.1, 0.15) is 441 Å². The molecular weight excluding hydrogens is 1460 g/mol. The molecule has 5 N–H and O–H groups in total. The molecule has 0 bridgehead atoms. The second-order valence-corrected chi connectivity index (χ2v) is 18.7. The molecule has 0 amide bonds. The highest BCUT2D eigenvalue weighted by Gasteiger charge is 2.00. The Labute approximate surface area is 741 Å². The summed E-state index contributed by atoms with van der Waals surface area (Å²) >= 11 is 4.17. The first-order chi connectivity index (χ1) is 57.0. The number of thioether (sulfide) groups is 2. The lowest BCUT2D eigenvalue weighted by Gasteiger charge is -2.10. The summed E-state index contributed by atoms with van der Waals surface area (Å²) in [7, 11) is 0. The summed E-state index contributed by atoms with van der Waals surface area (Å²) < 4.78 is 48.9. The van der Waals surface area contributed by atoms with Crippen molar-refractivity contribution in [2.24, 2.45) is 0 Å². The van der Waals surface area contributed by atoms with E-state index in [1.54, 1.807) is 0 Å². The normalized spacial score (nSPS) is 15.2. The van der Waals surface area contributed by atoms with Crippen molar-refractivity contribution in [1.29, 1.82) is 0 Å². The van der Waals surface area contributed by atoms with Crippen LogP contribution in [0.4, 0.5) is 0 Å². The van der Waals surface area contributed by atoms with Crippen molar-refractivity contribution in [3.63, 3.8) is 0 Å². The summed E-state index contributed by atoms with van der Waals surface area (Å²) in [6.07, 6.45) is 23.0. The summed E-state index contributed by atoms with van der Waals surface area (Å²) in [6.45, 7) is 121. The van der Waals surface area contributed by atoms with E-state index < -0.39 is 0 Å². The highest BCUT2D eigenvalue weighted by molar-refractivity contribution is 7.99. The number of ether oxygens (including phenoxy) is 10. The van der Waals surface area contributed by atoms with E-state index in [0.29, 0.717) is 13.6 Å². The van der Waals surface area contributed by atoms with Crippen LogP contribution in [0, 0.1) is 0 Å². The van der Waals surface area contributed by atoms with Gasteiger partial charge in [0.2, 0.25) is 0 Å². The van der Waals surface area contributed by atoms with E-state index >= 15 is 0 Å². The molecule has 12 aliphatic rings. The molecular formula is C96H245N5O11S2. The lowest BCUT2D eigenvalue weighted by Crippen LogP contribution is -2.30. The van der Waals surface area contributed by atoms with Crippen molar-refractivity contribution in [3.05, 3.63) is 0 Å². The highest BCUT2D eigenvalue weighted by Crippen LogP contribution is 2.15. The molecule has 0 saturated carbocycles. The molecule has 0 aliphatic carbocycles. The number of piperidine rings is 1. The molecule has 12 fully saturated rings. The fourth-order valence-electron chi connectivity index (χ4n) is 6.23. The van der Waals surface area contributed by atoms with Gasteiger partial charge in [-0.1, -0.05) is 345 Å². The molecule has 18 heteroatoms. The van der Waals surface area contributed by atoms with Gasteiger partial charge in [-0.3, -0.25) is 5.32 Å². The van der Waals surface area contributed by atoms with Crippen LogP contribution < -0.4 is 26.7 Å². The second-order valence-electron chi connectivity index (χ2n) is 16.2. The van der Waals surface area contributed by atoms with Gasteiger partial charge in [-0.2, -0.15) is 23.5 Å². The van der Waals surface area contributed by atoms with Crippen molar-refractivity contribution >= 4 is 23.5 Å². The number of hydrogen-bond donors (Lipinski definition) is 5. The Morgan fingerprint density at radius 3 is 0.465 bits per heavy atom. The van der Waals surface area contributed by atoms with Crippen molar-refractivity contribution in [2.75, 3.05) is 201 Å². The van der Waals surface area contributed by atoms with Gasteiger partial charge in [0.1, 0.15) is 13.6 Å². The molecule has 732 valence electrons. The van der Waals surface area contributed by atoms with E-state index in [0.717, 1.165) is 145 Å². The monoisotopic (exact) mass is 1710 g/mol. The van der Waals surface area contributed by atoms with E-state index in [2.05, 4.69) is 50.3 Å². The quantitative estimate of drug-likeness (QED) is 0.156. The third-order valence-electron chi connectivity index (χ3n) is 10.1. The maximum absolute atomic E-state index is 5.07. The van der Waals surface area contributed by atoms with Gasteiger partial charge in [-0.25, -0.2) is 5.48 Å². The number of hydroxylamine groups is 1. The summed E-state index contributed by atoms with van der Waals surface area (Å²) in [6, 6.07) is 0. The first-order valence-electron chi connectivity index (χ1n) is 50.1. The van der Waals surface area contributed by atoms with E-state index in [1.807, 2.05) is 332 Å². The molecule has 12 rings (SSSR count). The molecule has 0 radical (unpaired) electrons. The maximum Gasteiger partial charge on any atom is 0.146 e. The van der Waals surface area contributed by atoms with Crippen LogP contribution in [0.15, 0.2) is 0 Å². The predicted molar refractivity (Wildman–Crippen MR) is 545 cm³/mol. The van der Waals surface area contributed by atoms with E-state index in [9.17, 15) is 0 Å². The summed E-state index contributed by atoms with van der Waals surface area (Å²) in [4.78, 5) is 4.69. The summed E-state index contributed by atoms with van der Waals surface area (Å²) in [5.74, 6) is 5.67. The zero-order chi connectivity index (χ0) is 94.7. The largest absolute Gasteiger partial charge is 0.381 e. The zero-order valence-electron chi connectivity index (χ0n) is 89.7. The van der Waals surface area contributed by atoms with E-state index in [-0.39, 0.29) is 0 Å². The molecule has 16 nitrogen and oxygen atoms in total. The minimum Gasteiger partial charge on any atom is -0.381 e. The Hall–Kier alpha value is 0.0600. The maximum atomic E-state index is 5.07. The van der Waals surface area contributed by atoms with Gasteiger partial charge in [0.15, 0.2) is 0 Å². The number of rotatable bonds is 0. The Morgan fingerprint density at radius 2 is 0.360 bits per heavy atom. The SMILES string of the molecule is C1CCNC1.C1CCNCC1.C1CCOC1.C1CCOCC1.C1CCSC1.C1CCSCC1.C1CNOC1.C1COCCN1.C1COCCO1.C1COCN1.C1COCO1.C1COCOC1.CC.CC.CC.CC.CC.CC.CC.CC.CC.CC.CC.CC.CC.CC.CC.CC.CC.CC.CC.CC.CC.CC.CC.CC. The van der Waals surface area contributed by atoms with Crippen LogP contribution in [-0.2, 0) is 52.2 Å². The van der Waals surface area contributed by atoms with Gasteiger partial charge in [0, 0.05) is 52.6 Å².